The van der Waals surface area contributed by atoms with E-state index in [0.717, 1.165) is 6.54 Å². The standard InChI is InChI=1S/C16H18N2/c1-12-8-15(11-17-10-12)13-4-2-5-14(9-13)16-6-3-7-18-16/h2,4-5,8-11,16,18H,3,6-7H2,1H3. The lowest BCUT2D eigenvalue weighted by Crippen LogP contribution is -2.12. The molecule has 0 aliphatic carbocycles. The van der Waals surface area contributed by atoms with Crippen molar-refractivity contribution in [3.8, 4) is 11.1 Å². The van der Waals surface area contributed by atoms with E-state index in [1.165, 1.54) is 35.1 Å². The van der Waals surface area contributed by atoms with Crippen molar-refractivity contribution in [3.63, 3.8) is 0 Å². The van der Waals surface area contributed by atoms with Gasteiger partial charge in [0.1, 0.15) is 0 Å². The molecule has 1 aliphatic rings. The van der Waals surface area contributed by atoms with Crippen LogP contribution in [0.25, 0.3) is 11.1 Å². The van der Waals surface area contributed by atoms with Crippen LogP contribution >= 0.6 is 0 Å². The van der Waals surface area contributed by atoms with Gasteiger partial charge in [0.15, 0.2) is 0 Å². The van der Waals surface area contributed by atoms with E-state index in [1.54, 1.807) is 0 Å². The van der Waals surface area contributed by atoms with Gasteiger partial charge in [-0.3, -0.25) is 4.98 Å². The Balaban J connectivity index is 1.95. The third-order valence-corrected chi connectivity index (χ3v) is 3.56. The Kier molecular flexibility index (Phi) is 3.11. The molecule has 1 aromatic heterocycles. The molecule has 1 N–H and O–H groups in total. The lowest BCUT2D eigenvalue weighted by atomic mass is 9.99. The molecule has 18 heavy (non-hydrogen) atoms. The molecule has 0 spiro atoms. The van der Waals surface area contributed by atoms with Gasteiger partial charge in [-0.15, -0.1) is 0 Å². The molecule has 0 radical (unpaired) electrons. The minimum absolute atomic E-state index is 0.530. The summed E-state index contributed by atoms with van der Waals surface area (Å²) in [4.78, 5) is 4.27. The Labute approximate surface area is 108 Å². The van der Waals surface area contributed by atoms with E-state index in [-0.39, 0.29) is 0 Å². The van der Waals surface area contributed by atoms with Crippen LogP contribution in [0.3, 0.4) is 0 Å². The summed E-state index contributed by atoms with van der Waals surface area (Å²) in [6.45, 7) is 3.22. The first-order chi connectivity index (χ1) is 8.83. The summed E-state index contributed by atoms with van der Waals surface area (Å²) in [5.41, 5.74) is 5.07. The van der Waals surface area contributed by atoms with Crippen LogP contribution in [-0.2, 0) is 0 Å². The number of aryl methyl sites for hydroxylation is 1. The van der Waals surface area contributed by atoms with Gasteiger partial charge in [-0.25, -0.2) is 0 Å². The first-order valence-electron chi connectivity index (χ1n) is 6.58. The minimum atomic E-state index is 0.530. The van der Waals surface area contributed by atoms with Gasteiger partial charge >= 0.3 is 0 Å². The second-order valence-corrected chi connectivity index (χ2v) is 5.03. The highest BCUT2D eigenvalue weighted by atomic mass is 14.9. The van der Waals surface area contributed by atoms with Crippen LogP contribution in [0.4, 0.5) is 0 Å². The number of nitrogens with one attached hydrogen (secondary N) is 1. The number of nitrogens with zero attached hydrogens (tertiary/aromatic N) is 1. The van der Waals surface area contributed by atoms with Gasteiger partial charge in [0, 0.05) is 24.0 Å². The summed E-state index contributed by atoms with van der Waals surface area (Å²) in [5, 5.41) is 3.55. The van der Waals surface area contributed by atoms with Gasteiger partial charge in [0.05, 0.1) is 0 Å². The van der Waals surface area contributed by atoms with Gasteiger partial charge in [0.2, 0.25) is 0 Å². The summed E-state index contributed by atoms with van der Waals surface area (Å²) < 4.78 is 0. The molecule has 2 heterocycles. The number of benzene rings is 1. The molecule has 1 aromatic carbocycles. The number of pyridine rings is 1. The third kappa shape index (κ3) is 2.29. The highest BCUT2D eigenvalue weighted by Crippen LogP contribution is 2.27. The number of hydrogen-bond acceptors (Lipinski definition) is 2. The second-order valence-electron chi connectivity index (χ2n) is 5.03. The zero-order valence-corrected chi connectivity index (χ0v) is 10.7. The Morgan fingerprint density at radius 2 is 2.11 bits per heavy atom. The van der Waals surface area contributed by atoms with Crippen LogP contribution in [0, 0.1) is 6.92 Å². The molecule has 2 heteroatoms. The molecule has 0 saturated carbocycles. The van der Waals surface area contributed by atoms with E-state index in [4.69, 9.17) is 0 Å². The van der Waals surface area contributed by atoms with Crippen LogP contribution in [0.15, 0.2) is 42.7 Å². The van der Waals surface area contributed by atoms with Crippen molar-refractivity contribution in [1.82, 2.24) is 10.3 Å². The smallest absolute Gasteiger partial charge is 0.0346 e. The molecule has 3 rings (SSSR count). The Morgan fingerprint density at radius 1 is 1.17 bits per heavy atom. The van der Waals surface area contributed by atoms with E-state index < -0.39 is 0 Å². The van der Waals surface area contributed by atoms with Crippen molar-refractivity contribution in [3.05, 3.63) is 53.9 Å². The molecule has 92 valence electrons. The van der Waals surface area contributed by atoms with E-state index >= 15 is 0 Å². The molecule has 1 atom stereocenters. The number of hydrogen-bond donors (Lipinski definition) is 1. The predicted octanol–water partition coefficient (Wildman–Crippen LogP) is 3.48. The summed E-state index contributed by atoms with van der Waals surface area (Å²) in [6.07, 6.45) is 6.36. The third-order valence-electron chi connectivity index (χ3n) is 3.56. The van der Waals surface area contributed by atoms with Gasteiger partial charge < -0.3 is 5.32 Å². The first kappa shape index (κ1) is 11.4. The highest BCUT2D eigenvalue weighted by Gasteiger charge is 2.16. The van der Waals surface area contributed by atoms with Crippen LogP contribution in [0.1, 0.15) is 30.0 Å². The van der Waals surface area contributed by atoms with Crippen LogP contribution in [0.5, 0.6) is 0 Å². The van der Waals surface area contributed by atoms with Gasteiger partial charge in [-0.05, 0) is 55.1 Å². The topological polar surface area (TPSA) is 24.9 Å². The zero-order valence-electron chi connectivity index (χ0n) is 10.7. The monoisotopic (exact) mass is 238 g/mol. The summed E-state index contributed by atoms with van der Waals surface area (Å²) in [6, 6.07) is 11.5. The van der Waals surface area contributed by atoms with Gasteiger partial charge in [-0.2, -0.15) is 0 Å². The molecular weight excluding hydrogens is 220 g/mol. The lowest BCUT2D eigenvalue weighted by Gasteiger charge is -2.12. The van der Waals surface area contributed by atoms with Gasteiger partial charge in [0.25, 0.3) is 0 Å². The summed E-state index contributed by atoms with van der Waals surface area (Å²) in [5.74, 6) is 0. The number of rotatable bonds is 2. The van der Waals surface area contributed by atoms with Crippen molar-refractivity contribution in [2.75, 3.05) is 6.54 Å². The molecule has 0 amide bonds. The predicted molar refractivity (Wildman–Crippen MR) is 74.4 cm³/mol. The molecule has 1 aliphatic heterocycles. The fourth-order valence-corrected chi connectivity index (χ4v) is 2.62. The minimum Gasteiger partial charge on any atom is -0.310 e. The maximum Gasteiger partial charge on any atom is 0.0346 e. The van der Waals surface area contributed by atoms with Crippen molar-refractivity contribution in [1.29, 1.82) is 0 Å². The second kappa shape index (κ2) is 4.91. The lowest BCUT2D eigenvalue weighted by molar-refractivity contribution is 0.648. The summed E-state index contributed by atoms with van der Waals surface area (Å²) in [7, 11) is 0. The van der Waals surface area contributed by atoms with E-state index in [2.05, 4.69) is 47.6 Å². The fourth-order valence-electron chi connectivity index (χ4n) is 2.62. The molecule has 1 unspecified atom stereocenters. The molecule has 2 aromatic rings. The highest BCUT2D eigenvalue weighted by molar-refractivity contribution is 5.64. The Bertz CT molecular complexity index is 542. The van der Waals surface area contributed by atoms with Crippen molar-refractivity contribution in [2.24, 2.45) is 0 Å². The summed E-state index contributed by atoms with van der Waals surface area (Å²) >= 11 is 0. The van der Waals surface area contributed by atoms with Crippen molar-refractivity contribution < 1.29 is 0 Å². The normalized spacial score (nSPS) is 19.1. The molecule has 1 saturated heterocycles. The van der Waals surface area contributed by atoms with E-state index in [9.17, 15) is 0 Å². The van der Waals surface area contributed by atoms with E-state index in [0.29, 0.717) is 6.04 Å². The van der Waals surface area contributed by atoms with Gasteiger partial charge in [-0.1, -0.05) is 18.2 Å². The fraction of sp³-hybridized carbons (Fsp3) is 0.312. The molecule has 1 fully saturated rings. The largest absolute Gasteiger partial charge is 0.310 e. The maximum atomic E-state index is 4.27. The molecule has 0 bridgehead atoms. The average Bonchev–Trinajstić information content (AvgIpc) is 2.93. The molecular formula is C16H18N2. The Hall–Kier alpha value is -1.67. The zero-order chi connectivity index (χ0) is 12.4. The Morgan fingerprint density at radius 3 is 2.89 bits per heavy atom. The first-order valence-corrected chi connectivity index (χ1v) is 6.58. The van der Waals surface area contributed by atoms with Crippen LogP contribution in [-0.4, -0.2) is 11.5 Å². The average molecular weight is 238 g/mol. The molecule has 2 nitrogen and oxygen atoms in total. The van der Waals surface area contributed by atoms with Crippen molar-refractivity contribution in [2.45, 2.75) is 25.8 Å². The van der Waals surface area contributed by atoms with E-state index in [1.807, 2.05) is 12.4 Å². The quantitative estimate of drug-likeness (QED) is 0.866. The number of aromatic nitrogens is 1. The van der Waals surface area contributed by atoms with Crippen LogP contribution < -0.4 is 5.32 Å². The SMILES string of the molecule is Cc1cncc(-c2cccc(C3CCCN3)c2)c1. The van der Waals surface area contributed by atoms with Crippen LogP contribution in [0.2, 0.25) is 0 Å². The van der Waals surface area contributed by atoms with Crippen molar-refractivity contribution >= 4 is 0 Å². The maximum absolute atomic E-state index is 4.27.